The summed E-state index contributed by atoms with van der Waals surface area (Å²) in [5.41, 5.74) is 7.15. The summed E-state index contributed by atoms with van der Waals surface area (Å²) in [5, 5.41) is 3.04. The van der Waals surface area contributed by atoms with Crippen molar-refractivity contribution >= 4 is 28.1 Å². The van der Waals surface area contributed by atoms with Crippen molar-refractivity contribution in [2.45, 2.75) is 13.8 Å². The Hall–Kier alpha value is -1.95. The Morgan fingerprint density at radius 1 is 1.44 bits per heavy atom. The van der Waals surface area contributed by atoms with Crippen molar-refractivity contribution in [3.8, 4) is 0 Å². The normalized spacial score (nSPS) is 10.4. The number of thiazole rings is 1. The largest absolute Gasteiger partial charge is 0.375 e. The number of nitrogens with two attached hydrogens (primary N) is 1. The fraction of sp³-hybridized carbons (Fsp3) is 0.167. The third kappa shape index (κ3) is 2.48. The molecular weight excluding hydrogens is 253 g/mol. The van der Waals surface area contributed by atoms with Crippen LogP contribution in [-0.2, 0) is 0 Å². The van der Waals surface area contributed by atoms with Crippen molar-refractivity contribution in [2.75, 3.05) is 11.1 Å². The molecule has 0 spiro atoms. The van der Waals surface area contributed by atoms with Crippen LogP contribution in [0, 0.1) is 19.7 Å². The monoisotopic (exact) mass is 265 g/mol. The molecule has 1 aromatic heterocycles. The van der Waals surface area contributed by atoms with Gasteiger partial charge >= 0.3 is 0 Å². The molecule has 0 unspecified atom stereocenters. The summed E-state index contributed by atoms with van der Waals surface area (Å²) in [5.74, 6) is -0.584. The van der Waals surface area contributed by atoms with Gasteiger partial charge < -0.3 is 11.1 Å². The lowest BCUT2D eigenvalue weighted by molar-refractivity contribution is 0.103. The smallest absolute Gasteiger partial charge is 0.267 e. The molecule has 0 bridgehead atoms. The Bertz CT molecular complexity index is 609. The molecule has 1 heterocycles. The molecule has 2 aromatic rings. The minimum atomic E-state index is -0.300. The van der Waals surface area contributed by atoms with Crippen molar-refractivity contribution in [1.82, 2.24) is 4.98 Å². The van der Waals surface area contributed by atoms with E-state index >= 15 is 0 Å². The summed E-state index contributed by atoms with van der Waals surface area (Å²) in [7, 11) is 0. The average molecular weight is 265 g/mol. The first-order valence-corrected chi connectivity index (χ1v) is 6.09. The van der Waals surface area contributed by atoms with E-state index in [2.05, 4.69) is 10.3 Å². The molecule has 0 radical (unpaired) electrons. The molecule has 0 saturated heterocycles. The summed E-state index contributed by atoms with van der Waals surface area (Å²) in [6, 6.07) is 4.41. The van der Waals surface area contributed by atoms with E-state index in [4.69, 9.17) is 5.73 Å². The van der Waals surface area contributed by atoms with E-state index in [1.807, 2.05) is 0 Å². The van der Waals surface area contributed by atoms with Crippen LogP contribution in [0.2, 0.25) is 0 Å². The maximum Gasteiger partial charge on any atom is 0.267 e. The number of aromatic nitrogens is 1. The number of hydrogen-bond acceptors (Lipinski definition) is 4. The topological polar surface area (TPSA) is 68.0 Å². The van der Waals surface area contributed by atoms with Gasteiger partial charge in [-0.15, -0.1) is 0 Å². The average Bonchev–Trinajstić information content (AvgIpc) is 2.63. The maximum absolute atomic E-state index is 13.1. The Kier molecular flexibility index (Phi) is 3.29. The first-order chi connectivity index (χ1) is 8.47. The van der Waals surface area contributed by atoms with E-state index in [9.17, 15) is 9.18 Å². The molecular formula is C12H12FN3OS. The van der Waals surface area contributed by atoms with Gasteiger partial charge in [0.15, 0.2) is 5.13 Å². The lowest BCUT2D eigenvalue weighted by Gasteiger charge is -2.05. The highest BCUT2D eigenvalue weighted by Gasteiger charge is 2.14. The number of nitrogens with zero attached hydrogens (tertiary/aromatic N) is 1. The van der Waals surface area contributed by atoms with Gasteiger partial charge in [0, 0.05) is 5.69 Å². The Morgan fingerprint density at radius 2 is 2.17 bits per heavy atom. The number of rotatable bonds is 2. The van der Waals surface area contributed by atoms with Crippen LogP contribution in [0.1, 0.15) is 20.9 Å². The van der Waals surface area contributed by atoms with E-state index in [0.717, 1.165) is 11.3 Å². The van der Waals surface area contributed by atoms with Gasteiger partial charge in [-0.05, 0) is 37.6 Å². The highest BCUT2D eigenvalue weighted by atomic mass is 32.1. The van der Waals surface area contributed by atoms with Crippen LogP contribution in [-0.4, -0.2) is 10.9 Å². The van der Waals surface area contributed by atoms with Gasteiger partial charge in [0.1, 0.15) is 10.7 Å². The number of aryl methyl sites for hydroxylation is 2. The fourth-order valence-electron chi connectivity index (χ4n) is 1.54. The number of carbonyl (C=O) groups excluding carboxylic acids is 1. The second kappa shape index (κ2) is 4.73. The lowest BCUT2D eigenvalue weighted by atomic mass is 10.2. The van der Waals surface area contributed by atoms with Gasteiger partial charge in [0.2, 0.25) is 0 Å². The zero-order valence-electron chi connectivity index (χ0n) is 9.95. The van der Waals surface area contributed by atoms with Crippen molar-refractivity contribution in [3.05, 3.63) is 40.2 Å². The van der Waals surface area contributed by atoms with Gasteiger partial charge in [-0.1, -0.05) is 11.3 Å². The van der Waals surface area contributed by atoms with Crippen molar-refractivity contribution < 1.29 is 9.18 Å². The van der Waals surface area contributed by atoms with Crippen LogP contribution < -0.4 is 11.1 Å². The number of benzene rings is 1. The molecule has 0 aliphatic carbocycles. The van der Waals surface area contributed by atoms with Crippen LogP contribution >= 0.6 is 11.3 Å². The second-order valence-corrected chi connectivity index (χ2v) is 4.92. The van der Waals surface area contributed by atoms with Gasteiger partial charge in [-0.3, -0.25) is 4.79 Å². The molecule has 3 N–H and O–H groups in total. The van der Waals surface area contributed by atoms with Crippen LogP contribution in [0.4, 0.5) is 15.2 Å². The predicted octanol–water partition coefficient (Wildman–Crippen LogP) is 2.73. The van der Waals surface area contributed by atoms with Crippen LogP contribution in [0.5, 0.6) is 0 Å². The Morgan fingerprint density at radius 3 is 2.72 bits per heavy atom. The van der Waals surface area contributed by atoms with E-state index in [1.54, 1.807) is 19.9 Å². The number of anilines is 2. The minimum absolute atomic E-state index is 0.285. The van der Waals surface area contributed by atoms with Crippen molar-refractivity contribution in [2.24, 2.45) is 0 Å². The zero-order valence-corrected chi connectivity index (χ0v) is 10.8. The zero-order chi connectivity index (χ0) is 13.3. The quantitative estimate of drug-likeness (QED) is 0.877. The van der Waals surface area contributed by atoms with E-state index < -0.39 is 0 Å². The van der Waals surface area contributed by atoms with Crippen LogP contribution in [0.15, 0.2) is 18.2 Å². The van der Waals surface area contributed by atoms with E-state index in [-0.39, 0.29) is 11.7 Å². The summed E-state index contributed by atoms with van der Waals surface area (Å²) in [4.78, 5) is 16.4. The number of carbonyl (C=O) groups is 1. The molecule has 0 saturated carbocycles. The first kappa shape index (κ1) is 12.5. The molecule has 18 heavy (non-hydrogen) atoms. The predicted molar refractivity (Wildman–Crippen MR) is 70.4 cm³/mol. The third-order valence-corrected chi connectivity index (χ3v) is 3.42. The standard InChI is InChI=1S/C12H12FN3OS/c1-6-5-8(3-4-9(6)13)16-11(17)10-7(2)15-12(14)18-10/h3-5H,1-2H3,(H2,14,15)(H,16,17). The Balaban J connectivity index is 2.21. The van der Waals surface area contributed by atoms with Crippen LogP contribution in [0.3, 0.4) is 0 Å². The van der Waals surface area contributed by atoms with Gasteiger partial charge in [-0.2, -0.15) is 0 Å². The molecule has 94 valence electrons. The molecule has 1 aromatic carbocycles. The molecule has 1 amide bonds. The molecule has 0 aliphatic rings. The third-order valence-electron chi connectivity index (χ3n) is 2.44. The summed E-state index contributed by atoms with van der Waals surface area (Å²) < 4.78 is 13.1. The number of nitrogen functional groups attached to an aromatic ring is 1. The highest BCUT2D eigenvalue weighted by molar-refractivity contribution is 7.17. The summed E-state index contributed by atoms with van der Waals surface area (Å²) in [6.07, 6.45) is 0. The maximum atomic E-state index is 13.1. The molecule has 0 atom stereocenters. The van der Waals surface area contributed by atoms with E-state index in [1.165, 1.54) is 12.1 Å². The molecule has 0 fully saturated rings. The second-order valence-electron chi connectivity index (χ2n) is 3.88. The Labute approximate surface area is 108 Å². The van der Waals surface area contributed by atoms with Crippen molar-refractivity contribution in [1.29, 1.82) is 0 Å². The molecule has 4 nitrogen and oxygen atoms in total. The fourth-order valence-corrected chi connectivity index (χ4v) is 2.27. The van der Waals surface area contributed by atoms with Gasteiger partial charge in [0.05, 0.1) is 5.69 Å². The lowest BCUT2D eigenvalue weighted by Crippen LogP contribution is -2.11. The van der Waals surface area contributed by atoms with Crippen LogP contribution in [0.25, 0.3) is 0 Å². The van der Waals surface area contributed by atoms with E-state index in [0.29, 0.717) is 27.0 Å². The SMILES string of the molecule is Cc1cc(NC(=O)c2sc(N)nc2C)ccc1F. The number of hydrogen-bond donors (Lipinski definition) is 2. The summed E-state index contributed by atoms with van der Waals surface area (Å²) in [6.45, 7) is 3.36. The molecule has 6 heteroatoms. The van der Waals surface area contributed by atoms with Gasteiger partial charge in [0.25, 0.3) is 5.91 Å². The molecule has 2 rings (SSSR count). The minimum Gasteiger partial charge on any atom is -0.375 e. The number of amides is 1. The number of nitrogens with one attached hydrogen (secondary N) is 1. The summed E-state index contributed by atoms with van der Waals surface area (Å²) >= 11 is 1.13. The van der Waals surface area contributed by atoms with Gasteiger partial charge in [-0.25, -0.2) is 9.37 Å². The van der Waals surface area contributed by atoms with Crippen molar-refractivity contribution in [3.63, 3.8) is 0 Å². The highest BCUT2D eigenvalue weighted by Crippen LogP contribution is 2.21. The molecule has 0 aliphatic heterocycles. The number of halogens is 1. The first-order valence-electron chi connectivity index (χ1n) is 5.28.